The van der Waals surface area contributed by atoms with Gasteiger partial charge in [-0.25, -0.2) is 4.79 Å². The molecule has 0 amide bonds. The normalized spacial score (nSPS) is 12.8. The smallest absolute Gasteiger partial charge is 0.337 e. The molecule has 122 valence electrons. The highest BCUT2D eigenvalue weighted by Gasteiger charge is 2.16. The van der Waals surface area contributed by atoms with Gasteiger partial charge in [-0.1, -0.05) is 19.1 Å². The molecular formula is C18H26O4. The average Bonchev–Trinajstić information content (AvgIpc) is 2.45. The summed E-state index contributed by atoms with van der Waals surface area (Å²) in [5, 5.41) is 0. The van der Waals surface area contributed by atoms with Gasteiger partial charge in [-0.2, -0.15) is 0 Å². The van der Waals surface area contributed by atoms with Crippen LogP contribution in [0.25, 0.3) is 0 Å². The van der Waals surface area contributed by atoms with Crippen LogP contribution in [-0.4, -0.2) is 31.1 Å². The van der Waals surface area contributed by atoms with Crippen molar-refractivity contribution in [2.24, 2.45) is 5.92 Å². The fraction of sp³-hybridized carbons (Fsp3) is 0.556. The van der Waals surface area contributed by atoms with Gasteiger partial charge in [0.05, 0.1) is 18.3 Å². The summed E-state index contributed by atoms with van der Waals surface area (Å²) in [4.78, 5) is 23.5. The van der Waals surface area contributed by atoms with Crippen molar-refractivity contribution in [1.29, 1.82) is 0 Å². The van der Waals surface area contributed by atoms with Crippen LogP contribution in [0.5, 0.6) is 0 Å². The number of rotatable bonds is 7. The molecule has 1 rings (SSSR count). The number of hydrogen-bond donors (Lipinski definition) is 0. The third-order valence-electron chi connectivity index (χ3n) is 3.39. The minimum atomic E-state index is -0.370. The van der Waals surface area contributed by atoms with Crippen molar-refractivity contribution < 1.29 is 19.1 Å². The molecule has 0 aliphatic heterocycles. The second-order valence-corrected chi connectivity index (χ2v) is 6.48. The fourth-order valence-electron chi connectivity index (χ4n) is 1.95. The lowest BCUT2D eigenvalue weighted by Gasteiger charge is -2.20. The second-order valence-electron chi connectivity index (χ2n) is 6.48. The maximum Gasteiger partial charge on any atom is 0.337 e. The number of methoxy groups -OCH3 is 1. The predicted molar refractivity (Wildman–Crippen MR) is 86.0 cm³/mol. The average molecular weight is 306 g/mol. The van der Waals surface area contributed by atoms with Crippen LogP contribution in [0, 0.1) is 5.92 Å². The van der Waals surface area contributed by atoms with Crippen LogP contribution in [0.4, 0.5) is 0 Å². The number of carbonyl (C=O) groups is 2. The topological polar surface area (TPSA) is 52.6 Å². The third-order valence-corrected chi connectivity index (χ3v) is 3.39. The van der Waals surface area contributed by atoms with Crippen molar-refractivity contribution in [3.8, 4) is 0 Å². The van der Waals surface area contributed by atoms with Crippen LogP contribution in [0.2, 0.25) is 0 Å². The number of hydrogen-bond acceptors (Lipinski definition) is 4. The van der Waals surface area contributed by atoms with Gasteiger partial charge in [0.15, 0.2) is 0 Å². The Morgan fingerprint density at radius 1 is 1.14 bits per heavy atom. The maximum atomic E-state index is 12.2. The van der Waals surface area contributed by atoms with Gasteiger partial charge in [-0.3, -0.25) is 4.79 Å². The summed E-state index contributed by atoms with van der Waals surface area (Å²) in [5.74, 6) is -0.225. The highest BCUT2D eigenvalue weighted by Crippen LogP contribution is 2.14. The van der Waals surface area contributed by atoms with Crippen LogP contribution in [-0.2, 0) is 20.7 Å². The first-order valence-corrected chi connectivity index (χ1v) is 7.57. The first-order valence-electron chi connectivity index (χ1n) is 7.57. The molecule has 0 radical (unpaired) electrons. The van der Waals surface area contributed by atoms with E-state index in [0.29, 0.717) is 18.6 Å². The summed E-state index contributed by atoms with van der Waals surface area (Å²) in [7, 11) is 1.35. The number of Topliss-reactive ketones (excluding diaryl/α,β-unsaturated/α-hetero) is 1. The van der Waals surface area contributed by atoms with E-state index in [1.807, 2.05) is 27.7 Å². The lowest BCUT2D eigenvalue weighted by molar-refractivity contribution is -0.122. The molecular weight excluding hydrogens is 280 g/mol. The number of ketones is 1. The molecule has 1 aromatic carbocycles. The van der Waals surface area contributed by atoms with Gasteiger partial charge >= 0.3 is 5.97 Å². The van der Waals surface area contributed by atoms with Crippen molar-refractivity contribution in [1.82, 2.24) is 0 Å². The molecule has 0 aliphatic carbocycles. The van der Waals surface area contributed by atoms with E-state index in [1.54, 1.807) is 24.3 Å². The van der Waals surface area contributed by atoms with Crippen LogP contribution < -0.4 is 0 Å². The molecule has 0 spiro atoms. The van der Waals surface area contributed by atoms with Crippen molar-refractivity contribution in [3.05, 3.63) is 35.4 Å². The molecule has 0 heterocycles. The van der Waals surface area contributed by atoms with Crippen molar-refractivity contribution in [3.63, 3.8) is 0 Å². The second kappa shape index (κ2) is 8.08. The van der Waals surface area contributed by atoms with Crippen LogP contribution in [0.15, 0.2) is 24.3 Å². The summed E-state index contributed by atoms with van der Waals surface area (Å²) < 4.78 is 10.3. The molecule has 0 fully saturated rings. The van der Waals surface area contributed by atoms with Gasteiger partial charge in [0.1, 0.15) is 5.78 Å². The number of benzene rings is 1. The minimum Gasteiger partial charge on any atom is -0.465 e. The zero-order chi connectivity index (χ0) is 16.8. The van der Waals surface area contributed by atoms with Crippen molar-refractivity contribution in [2.75, 3.05) is 13.7 Å². The van der Waals surface area contributed by atoms with Crippen LogP contribution in [0.1, 0.15) is 50.0 Å². The van der Waals surface area contributed by atoms with Crippen LogP contribution >= 0.6 is 0 Å². The standard InChI is InChI=1S/C18H26O4/c1-13(10-11-22-18(2,3)4)16(19)12-14-6-8-15(9-7-14)17(20)21-5/h6-9,13H,10-12H2,1-5H3/t13-/m1/s1. The quantitative estimate of drug-likeness (QED) is 0.724. The molecule has 1 aromatic rings. The van der Waals surface area contributed by atoms with Crippen molar-refractivity contribution >= 4 is 11.8 Å². The van der Waals surface area contributed by atoms with Crippen molar-refractivity contribution in [2.45, 2.75) is 46.1 Å². The number of ether oxygens (including phenoxy) is 2. The van der Waals surface area contributed by atoms with E-state index in [1.165, 1.54) is 7.11 Å². The van der Waals surface area contributed by atoms with Gasteiger partial charge in [-0.05, 0) is 44.9 Å². The number of esters is 1. The summed E-state index contributed by atoms with van der Waals surface area (Å²) in [6, 6.07) is 6.95. The Bertz CT molecular complexity index is 497. The molecule has 0 N–H and O–H groups in total. The molecule has 1 atom stereocenters. The summed E-state index contributed by atoms with van der Waals surface area (Å²) in [6.07, 6.45) is 1.09. The lowest BCUT2D eigenvalue weighted by atomic mass is 9.96. The van der Waals surface area contributed by atoms with E-state index in [-0.39, 0.29) is 23.3 Å². The van der Waals surface area contributed by atoms with E-state index in [0.717, 1.165) is 12.0 Å². The Kier molecular flexibility index (Phi) is 6.75. The van der Waals surface area contributed by atoms with E-state index in [4.69, 9.17) is 4.74 Å². The zero-order valence-corrected chi connectivity index (χ0v) is 14.1. The molecule has 0 aromatic heterocycles. The minimum absolute atomic E-state index is 0.0392. The van der Waals surface area contributed by atoms with Crippen LogP contribution in [0.3, 0.4) is 0 Å². The van der Waals surface area contributed by atoms with Gasteiger partial charge in [0.2, 0.25) is 0 Å². The lowest BCUT2D eigenvalue weighted by Crippen LogP contribution is -2.22. The zero-order valence-electron chi connectivity index (χ0n) is 14.1. The van der Waals surface area contributed by atoms with Gasteiger partial charge in [0, 0.05) is 18.9 Å². The molecule has 4 heteroatoms. The third kappa shape index (κ3) is 6.39. The fourth-order valence-corrected chi connectivity index (χ4v) is 1.95. The SMILES string of the molecule is COC(=O)c1ccc(CC(=O)[C@H](C)CCOC(C)(C)C)cc1. The maximum absolute atomic E-state index is 12.2. The Hall–Kier alpha value is -1.68. The van der Waals surface area contributed by atoms with Gasteiger partial charge < -0.3 is 9.47 Å². The monoisotopic (exact) mass is 306 g/mol. The predicted octanol–water partition coefficient (Wildman–Crippen LogP) is 3.43. The van der Waals surface area contributed by atoms with Gasteiger partial charge in [-0.15, -0.1) is 0 Å². The Balaban J connectivity index is 2.48. The Labute approximate surface area is 132 Å². The van der Waals surface area contributed by atoms with E-state index in [2.05, 4.69) is 4.74 Å². The highest BCUT2D eigenvalue weighted by atomic mass is 16.5. The number of carbonyl (C=O) groups excluding carboxylic acids is 2. The summed E-state index contributed by atoms with van der Waals surface area (Å²) in [5.41, 5.74) is 1.22. The Morgan fingerprint density at radius 3 is 2.23 bits per heavy atom. The molecule has 0 aliphatic rings. The molecule has 0 bridgehead atoms. The summed E-state index contributed by atoms with van der Waals surface area (Å²) >= 11 is 0. The van der Waals surface area contributed by atoms with E-state index in [9.17, 15) is 9.59 Å². The molecule has 0 saturated heterocycles. The molecule has 0 saturated carbocycles. The summed E-state index contributed by atoms with van der Waals surface area (Å²) in [6.45, 7) is 8.52. The molecule has 0 unspecified atom stereocenters. The first-order chi connectivity index (χ1) is 10.2. The van der Waals surface area contributed by atoms with E-state index < -0.39 is 0 Å². The molecule has 4 nitrogen and oxygen atoms in total. The first kappa shape index (κ1) is 18.4. The highest BCUT2D eigenvalue weighted by molar-refractivity contribution is 5.89. The molecule has 22 heavy (non-hydrogen) atoms. The van der Waals surface area contributed by atoms with Gasteiger partial charge in [0.25, 0.3) is 0 Å². The largest absolute Gasteiger partial charge is 0.465 e. The Morgan fingerprint density at radius 2 is 1.73 bits per heavy atom. The van der Waals surface area contributed by atoms with E-state index >= 15 is 0 Å².